The number of amides is 3. The maximum absolute atomic E-state index is 12.4. The number of aliphatic carboxylic acids is 1. The smallest absolute Gasteiger partial charge is 0.326 e. The van der Waals surface area contributed by atoms with E-state index in [1.165, 1.54) is 6.92 Å². The number of carboxylic acids is 1. The first kappa shape index (κ1) is 26.1. The van der Waals surface area contributed by atoms with Gasteiger partial charge in [0.05, 0.1) is 18.8 Å². The van der Waals surface area contributed by atoms with Crippen LogP contribution in [0, 0.1) is 5.92 Å². The molecule has 0 aliphatic carbocycles. The number of aliphatic hydroxyl groups excluding tert-OH is 2. The fourth-order valence-electron chi connectivity index (χ4n) is 2.14. The molecule has 12 heteroatoms. The molecule has 28 heavy (non-hydrogen) atoms. The fraction of sp³-hybridized carbons (Fsp3) is 0.750. The topological polar surface area (TPSA) is 191 Å². The second kappa shape index (κ2) is 12.5. The Morgan fingerprint density at radius 3 is 1.93 bits per heavy atom. The summed E-state index contributed by atoms with van der Waals surface area (Å²) >= 11 is 3.87. The summed E-state index contributed by atoms with van der Waals surface area (Å²) in [5.74, 6) is -4.22. The zero-order valence-electron chi connectivity index (χ0n) is 16.1. The normalized spacial score (nSPS) is 17.4. The Labute approximate surface area is 168 Å². The predicted molar refractivity (Wildman–Crippen MR) is 103 cm³/mol. The van der Waals surface area contributed by atoms with Gasteiger partial charge in [-0.05, 0) is 12.8 Å². The van der Waals surface area contributed by atoms with E-state index >= 15 is 0 Å². The van der Waals surface area contributed by atoms with Gasteiger partial charge >= 0.3 is 5.97 Å². The molecule has 0 spiro atoms. The molecule has 11 nitrogen and oxygen atoms in total. The first-order valence-electron chi connectivity index (χ1n) is 8.79. The van der Waals surface area contributed by atoms with Gasteiger partial charge in [-0.15, -0.1) is 0 Å². The summed E-state index contributed by atoms with van der Waals surface area (Å²) in [5.41, 5.74) is 5.50. The molecular weight excluding hydrogens is 392 g/mol. The summed E-state index contributed by atoms with van der Waals surface area (Å²) in [6.45, 7) is 3.81. The Morgan fingerprint density at radius 2 is 1.54 bits per heavy atom. The highest BCUT2D eigenvalue weighted by Crippen LogP contribution is 2.08. The number of carbonyl (C=O) groups excluding carboxylic acids is 3. The molecule has 0 bridgehead atoms. The van der Waals surface area contributed by atoms with Crippen molar-refractivity contribution in [1.82, 2.24) is 16.0 Å². The number of hydrogen-bond acceptors (Lipinski definition) is 8. The maximum Gasteiger partial charge on any atom is 0.326 e. The van der Waals surface area contributed by atoms with Crippen LogP contribution in [0.3, 0.4) is 0 Å². The van der Waals surface area contributed by atoms with E-state index < -0.39 is 60.6 Å². The molecular formula is C16H30N4O7S. The third kappa shape index (κ3) is 8.00. The van der Waals surface area contributed by atoms with Crippen molar-refractivity contribution in [2.45, 2.75) is 57.5 Å². The summed E-state index contributed by atoms with van der Waals surface area (Å²) < 4.78 is 0. The average Bonchev–Trinajstić information content (AvgIpc) is 2.65. The van der Waals surface area contributed by atoms with Gasteiger partial charge in [0.1, 0.15) is 18.1 Å². The summed E-state index contributed by atoms with van der Waals surface area (Å²) in [6.07, 6.45) is -0.847. The van der Waals surface area contributed by atoms with Crippen LogP contribution in [0.2, 0.25) is 0 Å². The molecule has 0 saturated carbocycles. The molecule has 0 fully saturated rings. The Kier molecular flexibility index (Phi) is 11.7. The van der Waals surface area contributed by atoms with Crippen molar-refractivity contribution in [2.24, 2.45) is 11.7 Å². The van der Waals surface area contributed by atoms with Crippen molar-refractivity contribution in [1.29, 1.82) is 0 Å². The lowest BCUT2D eigenvalue weighted by atomic mass is 9.99. The predicted octanol–water partition coefficient (Wildman–Crippen LogP) is -2.80. The van der Waals surface area contributed by atoms with Crippen molar-refractivity contribution in [2.75, 3.05) is 12.4 Å². The standard InChI is InChI=1S/C16H30N4O7S/c1-4-7(2)11(16(26)27)19-14(24)10(5-21)18-15(25)12(8(3)22)20-13(23)9(17)6-28/h7-12,21-22,28H,4-6,17H2,1-3H3,(H,18,25)(H,19,24)(H,20,23)(H,26,27). The van der Waals surface area contributed by atoms with Crippen molar-refractivity contribution >= 4 is 36.3 Å². The molecule has 8 N–H and O–H groups in total. The van der Waals surface area contributed by atoms with E-state index in [9.17, 15) is 34.5 Å². The molecule has 0 aliphatic rings. The highest BCUT2D eigenvalue weighted by molar-refractivity contribution is 7.80. The molecule has 0 rings (SSSR count). The van der Waals surface area contributed by atoms with Gasteiger partial charge < -0.3 is 37.0 Å². The van der Waals surface area contributed by atoms with Crippen molar-refractivity contribution < 1.29 is 34.5 Å². The molecule has 0 radical (unpaired) electrons. The second-order valence-corrected chi connectivity index (χ2v) is 6.83. The Balaban J connectivity index is 5.18. The number of nitrogens with two attached hydrogens (primary N) is 1. The first-order valence-corrected chi connectivity index (χ1v) is 9.42. The average molecular weight is 423 g/mol. The van der Waals surface area contributed by atoms with Crippen molar-refractivity contribution in [3.8, 4) is 0 Å². The van der Waals surface area contributed by atoms with Crippen LogP contribution in [-0.4, -0.2) is 81.6 Å². The zero-order valence-corrected chi connectivity index (χ0v) is 17.0. The number of carbonyl (C=O) groups is 4. The van der Waals surface area contributed by atoms with E-state index in [1.54, 1.807) is 13.8 Å². The molecule has 0 aromatic rings. The van der Waals surface area contributed by atoms with Gasteiger partial charge in [-0.25, -0.2) is 4.79 Å². The van der Waals surface area contributed by atoms with E-state index in [0.29, 0.717) is 6.42 Å². The molecule has 0 heterocycles. The minimum atomic E-state index is -1.48. The van der Waals surface area contributed by atoms with Gasteiger partial charge in [0.25, 0.3) is 0 Å². The van der Waals surface area contributed by atoms with Crippen LogP contribution in [-0.2, 0) is 19.2 Å². The monoisotopic (exact) mass is 422 g/mol. The third-order valence-corrected chi connectivity index (χ3v) is 4.58. The minimum absolute atomic E-state index is 0.00778. The SMILES string of the molecule is CCC(C)C(NC(=O)C(CO)NC(=O)C(NC(=O)C(N)CS)C(C)O)C(=O)O. The molecule has 162 valence electrons. The van der Waals surface area contributed by atoms with Crippen LogP contribution in [0.4, 0.5) is 0 Å². The van der Waals surface area contributed by atoms with Gasteiger partial charge in [-0.1, -0.05) is 20.3 Å². The van der Waals surface area contributed by atoms with Gasteiger partial charge in [0.2, 0.25) is 17.7 Å². The number of carboxylic acid groups (broad SMARTS) is 1. The quantitative estimate of drug-likeness (QED) is 0.155. The lowest BCUT2D eigenvalue weighted by Gasteiger charge is -2.26. The molecule has 0 saturated heterocycles. The molecule has 3 amide bonds. The lowest BCUT2D eigenvalue weighted by molar-refractivity contribution is -0.144. The molecule has 6 atom stereocenters. The van der Waals surface area contributed by atoms with Gasteiger partial charge in [-0.3, -0.25) is 14.4 Å². The molecule has 6 unspecified atom stereocenters. The maximum atomic E-state index is 12.4. The first-order chi connectivity index (χ1) is 13.0. The van der Waals surface area contributed by atoms with Crippen LogP contribution in [0.1, 0.15) is 27.2 Å². The highest BCUT2D eigenvalue weighted by Gasteiger charge is 2.33. The van der Waals surface area contributed by atoms with E-state index in [2.05, 4.69) is 28.6 Å². The fourth-order valence-corrected chi connectivity index (χ4v) is 2.31. The van der Waals surface area contributed by atoms with Crippen molar-refractivity contribution in [3.63, 3.8) is 0 Å². The van der Waals surface area contributed by atoms with Gasteiger partial charge in [0, 0.05) is 5.75 Å². The Bertz CT molecular complexity index is 561. The van der Waals surface area contributed by atoms with Crippen LogP contribution in [0.5, 0.6) is 0 Å². The summed E-state index contributed by atoms with van der Waals surface area (Å²) in [7, 11) is 0. The van der Waals surface area contributed by atoms with Gasteiger partial charge in [-0.2, -0.15) is 12.6 Å². The van der Waals surface area contributed by atoms with Crippen LogP contribution in [0.15, 0.2) is 0 Å². The molecule has 0 aliphatic heterocycles. The molecule has 0 aromatic carbocycles. The molecule has 0 aromatic heterocycles. The summed E-state index contributed by atoms with van der Waals surface area (Å²) in [5, 5.41) is 35.1. The van der Waals surface area contributed by atoms with Crippen LogP contribution < -0.4 is 21.7 Å². The number of aliphatic hydroxyl groups is 2. The van der Waals surface area contributed by atoms with Crippen LogP contribution in [0.25, 0.3) is 0 Å². The lowest BCUT2D eigenvalue weighted by Crippen LogP contribution is -2.61. The largest absolute Gasteiger partial charge is 0.480 e. The number of rotatable bonds is 12. The van der Waals surface area contributed by atoms with Crippen molar-refractivity contribution in [3.05, 3.63) is 0 Å². The Morgan fingerprint density at radius 1 is 1.00 bits per heavy atom. The van der Waals surface area contributed by atoms with Gasteiger partial charge in [0.15, 0.2) is 0 Å². The number of thiol groups is 1. The number of hydrogen-bond donors (Lipinski definition) is 8. The van der Waals surface area contributed by atoms with Crippen LogP contribution >= 0.6 is 12.6 Å². The summed E-state index contributed by atoms with van der Waals surface area (Å²) in [6, 6.07) is -5.13. The number of nitrogens with one attached hydrogen (secondary N) is 3. The van der Waals surface area contributed by atoms with E-state index in [1.807, 2.05) is 0 Å². The van der Waals surface area contributed by atoms with E-state index in [0.717, 1.165) is 0 Å². The second-order valence-electron chi connectivity index (χ2n) is 6.47. The third-order valence-electron chi connectivity index (χ3n) is 4.19. The Hall–Kier alpha value is -1.89. The highest BCUT2D eigenvalue weighted by atomic mass is 32.1. The zero-order chi connectivity index (χ0) is 22.0. The van der Waals surface area contributed by atoms with E-state index in [-0.39, 0.29) is 11.7 Å². The summed E-state index contributed by atoms with van der Waals surface area (Å²) in [4.78, 5) is 47.8. The minimum Gasteiger partial charge on any atom is -0.480 e. The van der Waals surface area contributed by atoms with E-state index in [4.69, 9.17) is 5.73 Å².